The minimum absolute atomic E-state index is 0.0959. The molecule has 1 unspecified atom stereocenters. The zero-order valence-corrected chi connectivity index (χ0v) is 13.6. The molecule has 1 aliphatic rings. The first-order valence-corrected chi connectivity index (χ1v) is 8.06. The first-order chi connectivity index (χ1) is 12.1. The molecule has 0 saturated carbocycles. The average molecular weight is 340 g/mol. The van der Waals surface area contributed by atoms with Crippen molar-refractivity contribution in [1.29, 1.82) is 0 Å². The lowest BCUT2D eigenvalue weighted by Crippen LogP contribution is -2.24. The van der Waals surface area contributed by atoms with Crippen molar-refractivity contribution in [2.75, 3.05) is 29.5 Å². The molecule has 7 heteroatoms. The second-order valence-electron chi connectivity index (χ2n) is 5.76. The van der Waals surface area contributed by atoms with Gasteiger partial charge in [-0.1, -0.05) is 12.1 Å². The van der Waals surface area contributed by atoms with Crippen LogP contribution in [0.2, 0.25) is 0 Å². The van der Waals surface area contributed by atoms with Crippen molar-refractivity contribution < 1.29 is 14.3 Å². The van der Waals surface area contributed by atoms with Gasteiger partial charge in [0.15, 0.2) is 0 Å². The zero-order chi connectivity index (χ0) is 17.6. The first-order valence-electron chi connectivity index (χ1n) is 8.06. The third kappa shape index (κ3) is 4.48. The van der Waals surface area contributed by atoms with Crippen molar-refractivity contribution >= 4 is 29.1 Å². The van der Waals surface area contributed by atoms with Crippen molar-refractivity contribution in [2.45, 2.75) is 12.5 Å². The molecule has 0 radical (unpaired) electrons. The number of nitrogen functional groups attached to an aromatic ring is 1. The van der Waals surface area contributed by atoms with Gasteiger partial charge in [0.1, 0.15) is 6.10 Å². The van der Waals surface area contributed by atoms with Gasteiger partial charge in [0, 0.05) is 17.8 Å². The van der Waals surface area contributed by atoms with Gasteiger partial charge >= 0.3 is 6.09 Å². The van der Waals surface area contributed by atoms with E-state index in [9.17, 15) is 9.59 Å². The van der Waals surface area contributed by atoms with Crippen molar-refractivity contribution in [1.82, 2.24) is 5.32 Å². The highest BCUT2D eigenvalue weighted by Crippen LogP contribution is 2.18. The summed E-state index contributed by atoms with van der Waals surface area (Å²) in [6.45, 7) is 1.53. The van der Waals surface area contributed by atoms with Crippen LogP contribution in [0.1, 0.15) is 16.8 Å². The van der Waals surface area contributed by atoms with Crippen LogP contribution in [-0.4, -0.2) is 31.2 Å². The number of ether oxygens (including phenoxy) is 1. The van der Waals surface area contributed by atoms with Crippen molar-refractivity contribution in [2.24, 2.45) is 0 Å². The van der Waals surface area contributed by atoms with Gasteiger partial charge in [-0.05, 0) is 49.4 Å². The molecule has 2 aromatic carbocycles. The largest absolute Gasteiger partial charge is 0.445 e. The minimum atomic E-state index is -0.497. The molecule has 0 bridgehead atoms. The van der Waals surface area contributed by atoms with E-state index in [4.69, 9.17) is 10.5 Å². The fourth-order valence-corrected chi connectivity index (χ4v) is 2.54. The van der Waals surface area contributed by atoms with E-state index in [1.807, 2.05) is 0 Å². The molecule has 1 fully saturated rings. The summed E-state index contributed by atoms with van der Waals surface area (Å²) < 4.78 is 5.28. The summed E-state index contributed by atoms with van der Waals surface area (Å²) in [7, 11) is 0. The van der Waals surface area contributed by atoms with Crippen LogP contribution in [0.25, 0.3) is 0 Å². The maximum atomic E-state index is 12.2. The molecule has 0 aliphatic carbocycles. The van der Waals surface area contributed by atoms with E-state index in [0.29, 0.717) is 29.2 Å². The van der Waals surface area contributed by atoms with Gasteiger partial charge < -0.3 is 21.1 Å². The van der Waals surface area contributed by atoms with E-state index in [1.54, 1.807) is 48.5 Å². The Morgan fingerprint density at radius 2 is 1.84 bits per heavy atom. The Morgan fingerprint density at radius 1 is 1.08 bits per heavy atom. The highest BCUT2D eigenvalue weighted by atomic mass is 16.6. The first kappa shape index (κ1) is 16.8. The minimum Gasteiger partial charge on any atom is -0.445 e. The maximum absolute atomic E-state index is 12.2. The third-order valence-electron chi connectivity index (χ3n) is 3.89. The quantitative estimate of drug-likeness (QED) is 0.640. The number of carbonyl (C=O) groups is 2. The molecule has 0 spiro atoms. The number of amides is 2. The Kier molecular flexibility index (Phi) is 5.15. The molecule has 7 nitrogen and oxygen atoms in total. The maximum Gasteiger partial charge on any atom is 0.411 e. The van der Waals surface area contributed by atoms with Crippen LogP contribution >= 0.6 is 0 Å². The van der Waals surface area contributed by atoms with Crippen LogP contribution in [0.15, 0.2) is 48.5 Å². The lowest BCUT2D eigenvalue weighted by atomic mass is 10.2. The molecular weight excluding hydrogens is 320 g/mol. The van der Waals surface area contributed by atoms with Gasteiger partial charge in [-0.3, -0.25) is 10.1 Å². The number of benzene rings is 2. The number of rotatable bonds is 4. The summed E-state index contributed by atoms with van der Waals surface area (Å²) in [6, 6.07) is 13.6. The number of nitrogens with one attached hydrogen (secondary N) is 3. The SMILES string of the molecule is Nc1ccccc1NC(=O)c1ccc(NC(=O)OC2CCNC2)cc1. The predicted octanol–water partition coefficient (Wildman–Crippen LogP) is 2.43. The Bertz CT molecular complexity index is 755. The van der Waals surface area contributed by atoms with E-state index >= 15 is 0 Å². The van der Waals surface area contributed by atoms with Gasteiger partial charge in [-0.15, -0.1) is 0 Å². The topological polar surface area (TPSA) is 105 Å². The summed E-state index contributed by atoms with van der Waals surface area (Å²) in [5.41, 5.74) is 7.89. The molecule has 2 aromatic rings. The third-order valence-corrected chi connectivity index (χ3v) is 3.89. The van der Waals surface area contributed by atoms with Gasteiger partial charge in [-0.25, -0.2) is 4.79 Å². The summed E-state index contributed by atoms with van der Waals surface area (Å²) >= 11 is 0. The molecule has 1 saturated heterocycles. The molecule has 1 heterocycles. The Labute approximate surface area is 145 Å². The number of nitrogens with two attached hydrogens (primary N) is 1. The fraction of sp³-hybridized carbons (Fsp3) is 0.222. The lowest BCUT2D eigenvalue weighted by molar-refractivity contribution is 0.102. The smallest absolute Gasteiger partial charge is 0.411 e. The molecule has 25 heavy (non-hydrogen) atoms. The molecular formula is C18H20N4O3. The standard InChI is InChI=1S/C18H20N4O3/c19-15-3-1-2-4-16(15)22-17(23)12-5-7-13(8-6-12)21-18(24)25-14-9-10-20-11-14/h1-8,14,20H,9-11,19H2,(H,21,24)(H,22,23). The monoisotopic (exact) mass is 340 g/mol. The van der Waals surface area contributed by atoms with Crippen molar-refractivity contribution in [3.8, 4) is 0 Å². The average Bonchev–Trinajstić information content (AvgIpc) is 3.10. The van der Waals surface area contributed by atoms with Gasteiger partial charge in [0.05, 0.1) is 11.4 Å². The van der Waals surface area contributed by atoms with Crippen LogP contribution in [0.5, 0.6) is 0 Å². The summed E-state index contributed by atoms with van der Waals surface area (Å²) in [5.74, 6) is -0.274. The van der Waals surface area contributed by atoms with Crippen LogP contribution in [0, 0.1) is 0 Å². The lowest BCUT2D eigenvalue weighted by Gasteiger charge is -2.12. The fourth-order valence-electron chi connectivity index (χ4n) is 2.54. The van der Waals surface area contributed by atoms with E-state index in [2.05, 4.69) is 16.0 Å². The number of anilines is 3. The number of para-hydroxylation sites is 2. The Hall–Kier alpha value is -3.06. The molecule has 2 amide bonds. The van der Waals surface area contributed by atoms with Crippen LogP contribution in [-0.2, 0) is 4.74 Å². The van der Waals surface area contributed by atoms with Gasteiger partial charge in [-0.2, -0.15) is 0 Å². The van der Waals surface area contributed by atoms with Crippen molar-refractivity contribution in [3.05, 3.63) is 54.1 Å². The Morgan fingerprint density at radius 3 is 2.52 bits per heavy atom. The van der Waals surface area contributed by atoms with E-state index < -0.39 is 6.09 Å². The second-order valence-corrected chi connectivity index (χ2v) is 5.76. The van der Waals surface area contributed by atoms with Crippen LogP contribution < -0.4 is 21.7 Å². The molecule has 130 valence electrons. The molecule has 1 aliphatic heterocycles. The molecule has 0 aromatic heterocycles. The van der Waals surface area contributed by atoms with Gasteiger partial charge in [0.2, 0.25) is 0 Å². The molecule has 5 N–H and O–H groups in total. The molecule has 1 atom stereocenters. The second kappa shape index (κ2) is 7.67. The zero-order valence-electron chi connectivity index (χ0n) is 13.6. The summed E-state index contributed by atoms with van der Waals surface area (Å²) in [5, 5.41) is 8.53. The Balaban J connectivity index is 1.57. The number of carbonyl (C=O) groups excluding carboxylic acids is 2. The summed E-state index contributed by atoms with van der Waals surface area (Å²) in [4.78, 5) is 24.1. The van der Waals surface area contributed by atoms with Crippen LogP contribution in [0.3, 0.4) is 0 Å². The van der Waals surface area contributed by atoms with Crippen LogP contribution in [0.4, 0.5) is 21.9 Å². The molecule has 3 rings (SSSR count). The summed E-state index contributed by atoms with van der Waals surface area (Å²) in [6.07, 6.45) is 0.221. The predicted molar refractivity (Wildman–Crippen MR) is 96.6 cm³/mol. The highest BCUT2D eigenvalue weighted by molar-refractivity contribution is 6.06. The number of hydrogen-bond donors (Lipinski definition) is 4. The van der Waals surface area contributed by atoms with Gasteiger partial charge in [0.25, 0.3) is 5.91 Å². The van der Waals surface area contributed by atoms with E-state index in [0.717, 1.165) is 13.0 Å². The highest BCUT2D eigenvalue weighted by Gasteiger charge is 2.18. The van der Waals surface area contributed by atoms with Crippen molar-refractivity contribution in [3.63, 3.8) is 0 Å². The van der Waals surface area contributed by atoms with E-state index in [-0.39, 0.29) is 12.0 Å². The van der Waals surface area contributed by atoms with E-state index in [1.165, 1.54) is 0 Å². The number of hydrogen-bond acceptors (Lipinski definition) is 5. The normalized spacial score (nSPS) is 16.2.